The highest BCUT2D eigenvalue weighted by Gasteiger charge is 2.17. The number of nitrogens with zero attached hydrogens (tertiary/aromatic N) is 2. The molecular weight excluding hydrogens is 408 g/mol. The number of hydrogen-bond acceptors (Lipinski definition) is 3. The quantitative estimate of drug-likeness (QED) is 0.570. The number of rotatable bonds is 5. The van der Waals surface area contributed by atoms with E-state index in [4.69, 9.17) is 0 Å². The van der Waals surface area contributed by atoms with Crippen molar-refractivity contribution >= 4 is 17.0 Å². The molecule has 0 spiro atoms. The molecule has 0 aliphatic rings. The first-order valence-electron chi connectivity index (χ1n) is 8.25. The van der Waals surface area contributed by atoms with Crippen molar-refractivity contribution in [1.82, 2.24) is 9.78 Å². The highest BCUT2D eigenvalue weighted by molar-refractivity contribution is 7.84. The Balaban J connectivity index is 2.24. The van der Waals surface area contributed by atoms with Crippen molar-refractivity contribution in [2.45, 2.75) is 11.3 Å². The van der Waals surface area contributed by atoms with Crippen LogP contribution in [0.2, 0.25) is 0 Å². The maximum absolute atomic E-state index is 13.4. The summed E-state index contributed by atoms with van der Waals surface area (Å²) in [5.74, 6) is -2.34. The summed E-state index contributed by atoms with van der Waals surface area (Å²) >= 11 is 0. The Bertz CT molecular complexity index is 1140. The second-order valence-corrected chi connectivity index (χ2v) is 7.36. The van der Waals surface area contributed by atoms with E-state index in [1.165, 1.54) is 24.6 Å². The Labute approximate surface area is 165 Å². The van der Waals surface area contributed by atoms with E-state index in [1.807, 2.05) is 0 Å². The molecule has 1 atom stereocenters. The van der Waals surface area contributed by atoms with Crippen LogP contribution >= 0.6 is 0 Å². The van der Waals surface area contributed by atoms with Gasteiger partial charge in [-0.25, -0.2) is 22.2 Å². The minimum absolute atomic E-state index is 0.0312. The van der Waals surface area contributed by atoms with Crippen molar-refractivity contribution in [3.63, 3.8) is 0 Å². The summed E-state index contributed by atoms with van der Waals surface area (Å²) < 4.78 is 63.7. The molecular formula is C20H14F4N2O2S. The fraction of sp³-hybridized carbons (Fsp3) is 0.100. The minimum Gasteiger partial charge on any atom is -0.267 e. The van der Waals surface area contributed by atoms with Crippen LogP contribution in [-0.2, 0) is 10.8 Å². The van der Waals surface area contributed by atoms with Crippen LogP contribution in [0.5, 0.6) is 0 Å². The van der Waals surface area contributed by atoms with Crippen LogP contribution in [0.15, 0.2) is 70.2 Å². The van der Waals surface area contributed by atoms with Crippen LogP contribution in [0, 0.1) is 5.82 Å². The monoisotopic (exact) mass is 422 g/mol. The van der Waals surface area contributed by atoms with Crippen LogP contribution in [0.1, 0.15) is 0 Å². The van der Waals surface area contributed by atoms with E-state index in [1.54, 1.807) is 24.3 Å². The fourth-order valence-corrected chi connectivity index (χ4v) is 3.19. The highest BCUT2D eigenvalue weighted by atomic mass is 32.2. The number of allylic oxidation sites excluding steroid dienone is 1. The van der Waals surface area contributed by atoms with Crippen molar-refractivity contribution in [3.8, 4) is 22.3 Å². The number of halogens is 4. The second-order valence-electron chi connectivity index (χ2n) is 5.98. The standard InChI is InChI=1S/C20H14F4N2O2S/c1-29(28)15-8-4-12(5-9-15)16-10-25-26(11-17(22)19(23)24)20(27)18(16)13-2-6-14(21)7-3-13/h2-11,19H,1H3. The summed E-state index contributed by atoms with van der Waals surface area (Å²) in [5, 5.41) is 3.76. The third-order valence-electron chi connectivity index (χ3n) is 4.09. The van der Waals surface area contributed by atoms with Gasteiger partial charge >= 0.3 is 0 Å². The molecule has 29 heavy (non-hydrogen) atoms. The zero-order valence-electron chi connectivity index (χ0n) is 15.0. The number of alkyl halides is 2. The zero-order valence-corrected chi connectivity index (χ0v) is 15.8. The number of aromatic nitrogens is 2. The highest BCUT2D eigenvalue weighted by Crippen LogP contribution is 2.29. The zero-order chi connectivity index (χ0) is 21.1. The Hall–Kier alpha value is -3.07. The average Bonchev–Trinajstić information content (AvgIpc) is 2.70. The molecule has 3 rings (SSSR count). The molecule has 4 nitrogen and oxygen atoms in total. The minimum atomic E-state index is -3.39. The largest absolute Gasteiger partial charge is 0.291 e. The predicted molar refractivity (Wildman–Crippen MR) is 103 cm³/mol. The Kier molecular flexibility index (Phi) is 6.07. The van der Waals surface area contributed by atoms with Crippen molar-refractivity contribution in [2.75, 3.05) is 6.26 Å². The van der Waals surface area contributed by atoms with E-state index < -0.39 is 34.4 Å². The first-order valence-corrected chi connectivity index (χ1v) is 9.80. The van der Waals surface area contributed by atoms with Crippen LogP contribution in [0.4, 0.5) is 17.6 Å². The van der Waals surface area contributed by atoms with E-state index >= 15 is 0 Å². The molecule has 1 unspecified atom stereocenters. The van der Waals surface area contributed by atoms with Gasteiger partial charge in [-0.15, -0.1) is 0 Å². The van der Waals surface area contributed by atoms with E-state index in [0.717, 1.165) is 12.1 Å². The smallest absolute Gasteiger partial charge is 0.267 e. The molecule has 0 amide bonds. The first-order chi connectivity index (χ1) is 13.8. The van der Waals surface area contributed by atoms with Gasteiger partial charge in [0.2, 0.25) is 0 Å². The molecule has 0 N–H and O–H groups in total. The lowest BCUT2D eigenvalue weighted by Gasteiger charge is -2.11. The van der Waals surface area contributed by atoms with Gasteiger partial charge in [0.25, 0.3) is 12.0 Å². The predicted octanol–water partition coefficient (Wildman–Crippen LogP) is 4.49. The summed E-state index contributed by atoms with van der Waals surface area (Å²) in [6, 6.07) is 11.5. The van der Waals surface area contributed by atoms with Gasteiger partial charge < -0.3 is 0 Å². The lowest BCUT2D eigenvalue weighted by molar-refractivity contribution is 0.160. The molecule has 9 heteroatoms. The normalized spacial score (nSPS) is 13.0. The molecule has 3 aromatic rings. The first kappa shape index (κ1) is 20.7. The second kappa shape index (κ2) is 8.52. The van der Waals surface area contributed by atoms with Gasteiger partial charge in [0.1, 0.15) is 5.82 Å². The van der Waals surface area contributed by atoms with Gasteiger partial charge in [-0.1, -0.05) is 24.3 Å². The number of hydrogen-bond donors (Lipinski definition) is 0. The molecule has 1 aromatic heterocycles. The molecule has 0 aliphatic carbocycles. The molecule has 0 bridgehead atoms. The van der Waals surface area contributed by atoms with Crippen LogP contribution < -0.4 is 5.56 Å². The van der Waals surface area contributed by atoms with Gasteiger partial charge in [0.05, 0.1) is 18.0 Å². The van der Waals surface area contributed by atoms with Gasteiger partial charge in [-0.3, -0.25) is 9.00 Å². The van der Waals surface area contributed by atoms with Crippen molar-refractivity contribution in [1.29, 1.82) is 0 Å². The van der Waals surface area contributed by atoms with Crippen LogP contribution in [0.25, 0.3) is 28.5 Å². The summed E-state index contributed by atoms with van der Waals surface area (Å²) in [4.78, 5) is 13.5. The maximum Gasteiger partial charge on any atom is 0.291 e. The maximum atomic E-state index is 13.4. The van der Waals surface area contributed by atoms with Crippen LogP contribution in [0.3, 0.4) is 0 Å². The molecule has 0 saturated carbocycles. The molecule has 150 valence electrons. The van der Waals surface area contributed by atoms with Crippen molar-refractivity contribution in [2.24, 2.45) is 0 Å². The van der Waals surface area contributed by atoms with E-state index in [0.29, 0.717) is 32.5 Å². The van der Waals surface area contributed by atoms with E-state index in [-0.39, 0.29) is 5.56 Å². The fourth-order valence-electron chi connectivity index (χ4n) is 2.67. The lowest BCUT2D eigenvalue weighted by Crippen LogP contribution is -2.21. The molecule has 2 aromatic carbocycles. The molecule has 0 radical (unpaired) electrons. The third kappa shape index (κ3) is 4.51. The van der Waals surface area contributed by atoms with Gasteiger partial charge in [-0.2, -0.15) is 5.10 Å². The van der Waals surface area contributed by atoms with Crippen LogP contribution in [-0.4, -0.2) is 26.7 Å². The number of benzene rings is 2. The Morgan fingerprint density at radius 1 is 1.07 bits per heavy atom. The lowest BCUT2D eigenvalue weighted by atomic mass is 9.97. The topological polar surface area (TPSA) is 52.0 Å². The Morgan fingerprint density at radius 2 is 1.66 bits per heavy atom. The van der Waals surface area contributed by atoms with Gasteiger partial charge in [0.15, 0.2) is 5.83 Å². The average molecular weight is 422 g/mol. The van der Waals surface area contributed by atoms with E-state index in [2.05, 4.69) is 5.10 Å². The Morgan fingerprint density at radius 3 is 2.21 bits per heavy atom. The third-order valence-corrected chi connectivity index (χ3v) is 5.02. The van der Waals surface area contributed by atoms with Gasteiger partial charge in [-0.05, 0) is 35.4 Å². The van der Waals surface area contributed by atoms with Crippen molar-refractivity contribution < 1.29 is 21.8 Å². The summed E-state index contributed by atoms with van der Waals surface area (Å²) in [6.45, 7) is 0. The van der Waals surface area contributed by atoms with E-state index in [9.17, 15) is 26.6 Å². The molecule has 0 fully saturated rings. The summed E-state index contributed by atoms with van der Waals surface area (Å²) in [7, 11) is -1.20. The van der Waals surface area contributed by atoms with Crippen molar-refractivity contribution in [3.05, 3.63) is 76.7 Å². The summed E-state index contributed by atoms with van der Waals surface area (Å²) in [5.41, 5.74) is 0.346. The molecule has 0 saturated heterocycles. The molecule has 0 aliphatic heterocycles. The SMILES string of the molecule is CS(=O)c1ccc(-c2cnn(C=C(F)C(F)F)c(=O)c2-c2ccc(F)cc2)cc1. The van der Waals surface area contributed by atoms with Gasteiger partial charge in [0, 0.05) is 27.5 Å². The summed E-state index contributed by atoms with van der Waals surface area (Å²) in [6.07, 6.45) is -0.327. The molecule has 1 heterocycles.